The minimum Gasteiger partial charge on any atom is -0.493 e. The Labute approximate surface area is 189 Å². The maximum atomic E-state index is 13.0. The molecule has 174 valence electrons. The van der Waals surface area contributed by atoms with Gasteiger partial charge in [0.1, 0.15) is 11.1 Å². The zero-order chi connectivity index (χ0) is 24.3. The molecule has 1 N–H and O–H groups in total. The topological polar surface area (TPSA) is 137 Å². The average molecular weight is 457 g/mol. The minimum atomic E-state index is -1.26. The van der Waals surface area contributed by atoms with Gasteiger partial charge >= 0.3 is 5.97 Å². The predicted octanol–water partition coefficient (Wildman–Crippen LogP) is 2.92. The Hall–Kier alpha value is -4.15. The third-order valence-corrected chi connectivity index (χ3v) is 5.08. The van der Waals surface area contributed by atoms with Gasteiger partial charge in [0.15, 0.2) is 18.1 Å². The smallest absolute Gasteiger partial charge is 0.345 e. The fourth-order valence-electron chi connectivity index (χ4n) is 3.46. The maximum absolute atomic E-state index is 13.0. The van der Waals surface area contributed by atoms with Crippen molar-refractivity contribution in [3.8, 4) is 11.5 Å². The molecule has 0 atom stereocenters. The molecule has 0 aliphatic carbocycles. The fraction of sp³-hybridized carbons (Fsp3) is 0.318. The molecule has 0 fully saturated rings. The number of nitrogens with one attached hydrogen (secondary N) is 1. The van der Waals surface area contributed by atoms with Crippen LogP contribution in [0.25, 0.3) is 0 Å². The number of rotatable bonds is 7. The fourth-order valence-corrected chi connectivity index (χ4v) is 3.46. The quantitative estimate of drug-likeness (QED) is 0.381. The van der Waals surface area contributed by atoms with Gasteiger partial charge in [-0.2, -0.15) is 0 Å². The van der Waals surface area contributed by atoms with Crippen molar-refractivity contribution in [2.45, 2.75) is 26.3 Å². The first kappa shape index (κ1) is 23.5. The van der Waals surface area contributed by atoms with Crippen molar-refractivity contribution in [3.63, 3.8) is 0 Å². The molecule has 0 radical (unpaired) electrons. The Morgan fingerprint density at radius 3 is 2.52 bits per heavy atom. The van der Waals surface area contributed by atoms with Gasteiger partial charge in [-0.15, -0.1) is 0 Å². The van der Waals surface area contributed by atoms with Crippen molar-refractivity contribution in [1.82, 2.24) is 0 Å². The van der Waals surface area contributed by atoms with Gasteiger partial charge in [-0.3, -0.25) is 24.6 Å². The van der Waals surface area contributed by atoms with Crippen LogP contribution in [0.5, 0.6) is 11.5 Å². The molecule has 0 unspecified atom stereocenters. The number of nitro benzene ring substituents is 1. The molecule has 0 aromatic heterocycles. The summed E-state index contributed by atoms with van der Waals surface area (Å²) in [6.45, 7) is 4.30. The van der Waals surface area contributed by atoms with E-state index in [4.69, 9.17) is 14.2 Å². The number of methoxy groups -OCH3 is 1. The van der Waals surface area contributed by atoms with Crippen LogP contribution in [0.2, 0.25) is 0 Å². The Kier molecular flexibility index (Phi) is 6.52. The number of hydrogen-bond acceptors (Lipinski definition) is 8. The van der Waals surface area contributed by atoms with E-state index in [1.165, 1.54) is 12.0 Å². The van der Waals surface area contributed by atoms with Gasteiger partial charge in [0.25, 0.3) is 11.6 Å². The second-order valence-corrected chi connectivity index (χ2v) is 7.55. The van der Waals surface area contributed by atoms with Crippen LogP contribution in [0.1, 0.15) is 31.1 Å². The van der Waals surface area contributed by atoms with Crippen LogP contribution < -0.4 is 19.7 Å². The number of esters is 1. The lowest BCUT2D eigenvalue weighted by atomic mass is 9.96. The van der Waals surface area contributed by atoms with Crippen LogP contribution in [0.15, 0.2) is 36.4 Å². The van der Waals surface area contributed by atoms with Crippen LogP contribution in [0.3, 0.4) is 0 Å². The second-order valence-electron chi connectivity index (χ2n) is 7.55. The summed E-state index contributed by atoms with van der Waals surface area (Å²) in [4.78, 5) is 50.2. The van der Waals surface area contributed by atoms with E-state index in [1.807, 2.05) is 0 Å². The van der Waals surface area contributed by atoms with Gasteiger partial charge in [0, 0.05) is 6.07 Å². The average Bonchev–Trinajstić information content (AvgIpc) is 2.77. The third-order valence-electron chi connectivity index (χ3n) is 5.08. The number of benzene rings is 2. The molecule has 1 heterocycles. The van der Waals surface area contributed by atoms with Gasteiger partial charge in [0.05, 0.1) is 36.1 Å². The molecule has 11 nitrogen and oxygen atoms in total. The summed E-state index contributed by atoms with van der Waals surface area (Å²) < 4.78 is 15.6. The summed E-state index contributed by atoms with van der Waals surface area (Å²) in [5.74, 6) is -1.98. The monoisotopic (exact) mass is 457 g/mol. The number of amides is 2. The first-order chi connectivity index (χ1) is 15.6. The summed E-state index contributed by atoms with van der Waals surface area (Å²) in [7, 11) is 1.31. The highest BCUT2D eigenvalue weighted by atomic mass is 16.6. The largest absolute Gasteiger partial charge is 0.493 e. The Morgan fingerprint density at radius 2 is 1.88 bits per heavy atom. The molecule has 0 bridgehead atoms. The van der Waals surface area contributed by atoms with E-state index >= 15 is 0 Å². The number of nitro groups is 1. The maximum Gasteiger partial charge on any atom is 0.345 e. The number of nitrogens with zero attached hydrogens (tertiary/aromatic N) is 2. The number of fused-ring (bicyclic) bond motifs is 1. The molecule has 0 saturated heterocycles. The lowest BCUT2D eigenvalue weighted by Gasteiger charge is -2.41. The summed E-state index contributed by atoms with van der Waals surface area (Å²) in [6, 6.07) is 8.90. The van der Waals surface area contributed by atoms with E-state index in [-0.39, 0.29) is 18.1 Å². The molecule has 0 saturated carbocycles. The standard InChI is InChI=1S/C22H23N3O8/c1-5-32-18-10-13(16(25(29)30)11-17(18)31-4)20(27)33-12-19(26)24-15-9-7-6-8-14(15)23-21(28)22(24,2)3/h6-11H,5,12H2,1-4H3,(H,23,28). The van der Waals surface area contributed by atoms with Crippen LogP contribution in [-0.2, 0) is 14.3 Å². The number of para-hydroxylation sites is 2. The number of carbonyl (C=O) groups excluding carboxylic acids is 3. The normalized spacial score (nSPS) is 14.1. The molecule has 0 spiro atoms. The SMILES string of the molecule is CCOc1cc(C(=O)OCC(=O)N2c3ccccc3NC(=O)C2(C)C)c([N+](=O)[O-])cc1OC. The highest BCUT2D eigenvalue weighted by Gasteiger charge is 2.43. The molecule has 3 rings (SSSR count). The summed E-state index contributed by atoms with van der Waals surface area (Å²) in [6.07, 6.45) is 0. The molecule has 11 heteroatoms. The van der Waals surface area contributed by atoms with E-state index in [1.54, 1.807) is 45.0 Å². The van der Waals surface area contributed by atoms with Crippen molar-refractivity contribution in [2.75, 3.05) is 30.5 Å². The van der Waals surface area contributed by atoms with E-state index < -0.39 is 46.1 Å². The number of anilines is 2. The predicted molar refractivity (Wildman–Crippen MR) is 118 cm³/mol. The van der Waals surface area contributed by atoms with E-state index in [0.29, 0.717) is 11.4 Å². The van der Waals surface area contributed by atoms with Gasteiger partial charge in [-0.25, -0.2) is 4.79 Å². The number of hydrogen-bond donors (Lipinski definition) is 1. The highest BCUT2D eigenvalue weighted by Crippen LogP contribution is 2.37. The van der Waals surface area contributed by atoms with Crippen LogP contribution in [-0.4, -0.2) is 48.6 Å². The van der Waals surface area contributed by atoms with Crippen molar-refractivity contribution in [3.05, 3.63) is 52.1 Å². The summed E-state index contributed by atoms with van der Waals surface area (Å²) in [5.41, 5.74) is -1.33. The van der Waals surface area contributed by atoms with Crippen molar-refractivity contribution >= 4 is 34.8 Å². The molecular weight excluding hydrogens is 434 g/mol. The number of ether oxygens (including phenoxy) is 3. The van der Waals surface area contributed by atoms with Gasteiger partial charge in [-0.1, -0.05) is 12.1 Å². The molecule has 2 aromatic carbocycles. The van der Waals surface area contributed by atoms with Crippen molar-refractivity contribution in [2.24, 2.45) is 0 Å². The van der Waals surface area contributed by atoms with Gasteiger partial charge in [-0.05, 0) is 32.9 Å². The first-order valence-electron chi connectivity index (χ1n) is 10.0. The van der Waals surface area contributed by atoms with Crippen molar-refractivity contribution in [1.29, 1.82) is 0 Å². The Bertz CT molecular complexity index is 1130. The zero-order valence-corrected chi connectivity index (χ0v) is 18.5. The Balaban J connectivity index is 1.88. The third kappa shape index (κ3) is 4.43. The number of carbonyl (C=O) groups is 3. The van der Waals surface area contributed by atoms with E-state index in [0.717, 1.165) is 12.1 Å². The highest BCUT2D eigenvalue weighted by molar-refractivity contribution is 6.14. The second kappa shape index (κ2) is 9.15. The Morgan fingerprint density at radius 1 is 1.18 bits per heavy atom. The van der Waals surface area contributed by atoms with Crippen molar-refractivity contribution < 1.29 is 33.5 Å². The molecule has 2 amide bonds. The van der Waals surface area contributed by atoms with Crippen LogP contribution >= 0.6 is 0 Å². The first-order valence-corrected chi connectivity index (χ1v) is 10.0. The van der Waals surface area contributed by atoms with Gasteiger partial charge < -0.3 is 19.5 Å². The van der Waals surface area contributed by atoms with Crippen LogP contribution in [0, 0.1) is 10.1 Å². The lowest BCUT2D eigenvalue weighted by molar-refractivity contribution is -0.385. The van der Waals surface area contributed by atoms with Gasteiger partial charge in [0.2, 0.25) is 5.91 Å². The molecule has 1 aliphatic heterocycles. The molecular formula is C22H23N3O8. The van der Waals surface area contributed by atoms with E-state index in [9.17, 15) is 24.5 Å². The zero-order valence-electron chi connectivity index (χ0n) is 18.5. The van der Waals surface area contributed by atoms with E-state index in [2.05, 4.69) is 5.32 Å². The summed E-state index contributed by atoms with van der Waals surface area (Å²) >= 11 is 0. The lowest BCUT2D eigenvalue weighted by Crippen LogP contribution is -2.59. The van der Waals surface area contributed by atoms with Crippen LogP contribution in [0.4, 0.5) is 17.1 Å². The molecule has 2 aromatic rings. The molecule has 1 aliphatic rings. The minimum absolute atomic E-state index is 0.0777. The summed E-state index contributed by atoms with van der Waals surface area (Å²) in [5, 5.41) is 14.2. The molecule has 33 heavy (non-hydrogen) atoms.